The number of aromatic nitrogens is 2. The summed E-state index contributed by atoms with van der Waals surface area (Å²) in [5.41, 5.74) is 14.8. The summed E-state index contributed by atoms with van der Waals surface area (Å²) in [6.45, 7) is 0. The van der Waals surface area contributed by atoms with E-state index in [1.54, 1.807) is 12.1 Å². The fourth-order valence-corrected chi connectivity index (χ4v) is 3.14. The maximum atomic E-state index is 11.4. The van der Waals surface area contributed by atoms with Crippen LogP contribution in [0.25, 0.3) is 0 Å². The van der Waals surface area contributed by atoms with Gasteiger partial charge >= 0.3 is 0 Å². The second-order valence-corrected chi connectivity index (χ2v) is 5.87. The van der Waals surface area contributed by atoms with Crippen LogP contribution in [0.15, 0.2) is 33.9 Å². The van der Waals surface area contributed by atoms with Gasteiger partial charge in [0, 0.05) is 21.9 Å². The molecule has 2 rings (SSSR count). The van der Waals surface area contributed by atoms with Crippen molar-refractivity contribution in [2.75, 3.05) is 11.5 Å². The summed E-state index contributed by atoms with van der Waals surface area (Å²) >= 11 is 4.82. The number of amides is 1. The lowest BCUT2D eigenvalue weighted by Crippen LogP contribution is -2.29. The summed E-state index contributed by atoms with van der Waals surface area (Å²) in [5, 5.41) is 0.503. The number of halogens is 1. The van der Waals surface area contributed by atoms with Crippen LogP contribution < -0.4 is 22.7 Å². The number of nitrogen functional groups attached to an aromatic ring is 3. The molecule has 0 saturated carbocycles. The van der Waals surface area contributed by atoms with E-state index in [2.05, 4.69) is 31.3 Å². The number of anilines is 2. The van der Waals surface area contributed by atoms with Crippen molar-refractivity contribution in [3.8, 4) is 0 Å². The predicted octanol–water partition coefficient (Wildman–Crippen LogP) is 1.30. The van der Waals surface area contributed by atoms with Gasteiger partial charge in [0.05, 0.1) is 0 Å². The molecule has 0 radical (unpaired) electrons. The minimum atomic E-state index is -0.346. The molecule has 21 heavy (non-hydrogen) atoms. The first-order valence-corrected chi connectivity index (χ1v) is 7.59. The number of nitrogens with zero attached hydrogens (tertiary/aromatic N) is 2. The van der Waals surface area contributed by atoms with Crippen molar-refractivity contribution < 1.29 is 4.79 Å². The van der Waals surface area contributed by atoms with Gasteiger partial charge in [0.25, 0.3) is 5.91 Å². The van der Waals surface area contributed by atoms with E-state index in [1.807, 2.05) is 6.07 Å². The topological polar surface area (TPSA) is 133 Å². The molecule has 2 aromatic rings. The van der Waals surface area contributed by atoms with Crippen LogP contribution >= 0.6 is 27.7 Å². The SMILES string of the molecule is NNC(=O)c1ccc(CSc2nc(N)cc(N)n2)c(Br)c1. The minimum Gasteiger partial charge on any atom is -0.383 e. The summed E-state index contributed by atoms with van der Waals surface area (Å²) in [6, 6.07) is 6.72. The predicted molar refractivity (Wildman–Crippen MR) is 86.2 cm³/mol. The summed E-state index contributed by atoms with van der Waals surface area (Å²) in [7, 11) is 0. The van der Waals surface area contributed by atoms with Crippen LogP contribution in [0.5, 0.6) is 0 Å². The summed E-state index contributed by atoms with van der Waals surface area (Å²) in [5.74, 6) is 6.02. The number of carbonyl (C=O) groups excluding carboxylic acids is 1. The average Bonchev–Trinajstić information content (AvgIpc) is 2.44. The number of thioether (sulfide) groups is 1. The van der Waals surface area contributed by atoms with Crippen molar-refractivity contribution in [2.45, 2.75) is 10.9 Å². The van der Waals surface area contributed by atoms with Crippen molar-refractivity contribution in [3.05, 3.63) is 39.9 Å². The molecule has 0 atom stereocenters. The third-order valence-corrected chi connectivity index (χ3v) is 4.18. The monoisotopic (exact) mass is 368 g/mol. The van der Waals surface area contributed by atoms with E-state index >= 15 is 0 Å². The van der Waals surface area contributed by atoms with Gasteiger partial charge in [0.2, 0.25) is 0 Å². The lowest BCUT2D eigenvalue weighted by atomic mass is 10.1. The molecule has 0 aliphatic carbocycles. The van der Waals surface area contributed by atoms with Crippen molar-refractivity contribution in [2.24, 2.45) is 5.84 Å². The number of hydrazine groups is 1. The fraction of sp³-hybridized carbons (Fsp3) is 0.0833. The van der Waals surface area contributed by atoms with Gasteiger partial charge in [-0.2, -0.15) is 0 Å². The Morgan fingerprint density at radius 2 is 1.90 bits per heavy atom. The molecule has 0 spiro atoms. The van der Waals surface area contributed by atoms with Crippen molar-refractivity contribution >= 4 is 45.2 Å². The molecular formula is C12H13BrN6OS. The van der Waals surface area contributed by atoms with Gasteiger partial charge in [-0.3, -0.25) is 10.2 Å². The number of nitrogens with two attached hydrogens (primary N) is 3. The van der Waals surface area contributed by atoms with Crippen LogP contribution in [0.2, 0.25) is 0 Å². The number of hydrogen-bond donors (Lipinski definition) is 4. The lowest BCUT2D eigenvalue weighted by Gasteiger charge is -2.07. The Kier molecular flexibility index (Phi) is 4.99. The Labute approximate surface area is 133 Å². The van der Waals surface area contributed by atoms with Crippen LogP contribution in [0, 0.1) is 0 Å². The molecule has 1 amide bonds. The first kappa shape index (κ1) is 15.5. The standard InChI is InChI=1S/C12H13BrN6OS/c13-8-3-6(11(20)19-16)1-2-7(8)5-21-12-17-9(14)4-10(15)18-12/h1-4H,5,16H2,(H,19,20)(H4,14,15,17,18). The highest BCUT2D eigenvalue weighted by Gasteiger charge is 2.09. The van der Waals surface area contributed by atoms with Crippen molar-refractivity contribution in [1.29, 1.82) is 0 Å². The first-order chi connectivity index (χ1) is 9.99. The molecule has 0 aliphatic rings. The molecule has 7 N–H and O–H groups in total. The first-order valence-electron chi connectivity index (χ1n) is 5.82. The van der Waals surface area contributed by atoms with Gasteiger partial charge in [-0.05, 0) is 17.7 Å². The molecule has 0 bridgehead atoms. The van der Waals surface area contributed by atoms with Crippen molar-refractivity contribution in [1.82, 2.24) is 15.4 Å². The maximum Gasteiger partial charge on any atom is 0.265 e. The second kappa shape index (κ2) is 6.74. The van der Waals surface area contributed by atoms with E-state index < -0.39 is 0 Å². The maximum absolute atomic E-state index is 11.4. The second-order valence-electron chi connectivity index (χ2n) is 4.07. The number of carbonyl (C=O) groups is 1. The number of nitrogens with one attached hydrogen (secondary N) is 1. The van der Waals surface area contributed by atoms with Gasteiger partial charge in [-0.25, -0.2) is 15.8 Å². The molecule has 7 nitrogen and oxygen atoms in total. The van der Waals surface area contributed by atoms with Gasteiger partial charge in [-0.15, -0.1) is 0 Å². The molecule has 0 aliphatic heterocycles. The van der Waals surface area contributed by atoms with Crippen LogP contribution in [0.1, 0.15) is 15.9 Å². The Morgan fingerprint density at radius 3 is 2.48 bits per heavy atom. The largest absolute Gasteiger partial charge is 0.383 e. The highest BCUT2D eigenvalue weighted by Crippen LogP contribution is 2.26. The van der Waals surface area contributed by atoms with E-state index in [0.29, 0.717) is 28.1 Å². The Morgan fingerprint density at radius 1 is 1.24 bits per heavy atom. The minimum absolute atomic E-state index is 0.332. The van der Waals surface area contributed by atoms with E-state index in [-0.39, 0.29) is 5.91 Å². The zero-order valence-corrected chi connectivity index (χ0v) is 13.2. The van der Waals surface area contributed by atoms with E-state index in [0.717, 1.165) is 10.0 Å². The molecule has 1 heterocycles. The molecule has 1 aromatic heterocycles. The molecule has 0 saturated heterocycles. The normalized spacial score (nSPS) is 10.4. The summed E-state index contributed by atoms with van der Waals surface area (Å²) in [4.78, 5) is 19.6. The third-order valence-electron chi connectivity index (χ3n) is 2.55. The van der Waals surface area contributed by atoms with Gasteiger partial charge < -0.3 is 11.5 Å². The summed E-state index contributed by atoms with van der Waals surface area (Å²) < 4.78 is 0.799. The highest BCUT2D eigenvalue weighted by atomic mass is 79.9. The van der Waals surface area contributed by atoms with Crippen LogP contribution in [-0.4, -0.2) is 15.9 Å². The highest BCUT2D eigenvalue weighted by molar-refractivity contribution is 9.10. The van der Waals surface area contributed by atoms with Crippen LogP contribution in [0.3, 0.4) is 0 Å². The van der Waals surface area contributed by atoms with E-state index in [1.165, 1.54) is 17.8 Å². The Balaban J connectivity index is 2.11. The molecular weight excluding hydrogens is 356 g/mol. The third kappa shape index (κ3) is 4.06. The Bertz CT molecular complexity index is 661. The number of benzene rings is 1. The summed E-state index contributed by atoms with van der Waals surface area (Å²) in [6.07, 6.45) is 0. The van der Waals surface area contributed by atoms with Crippen LogP contribution in [-0.2, 0) is 5.75 Å². The zero-order chi connectivity index (χ0) is 15.4. The lowest BCUT2D eigenvalue weighted by molar-refractivity contribution is 0.0953. The number of rotatable bonds is 4. The van der Waals surface area contributed by atoms with E-state index in [9.17, 15) is 4.79 Å². The molecule has 0 fully saturated rings. The van der Waals surface area contributed by atoms with Crippen molar-refractivity contribution in [3.63, 3.8) is 0 Å². The molecule has 1 aromatic carbocycles. The quantitative estimate of drug-likeness (QED) is 0.210. The van der Waals surface area contributed by atoms with E-state index in [4.69, 9.17) is 17.3 Å². The average molecular weight is 369 g/mol. The smallest absolute Gasteiger partial charge is 0.265 e. The van der Waals surface area contributed by atoms with Gasteiger partial charge in [-0.1, -0.05) is 33.8 Å². The molecule has 9 heteroatoms. The Hall–Kier alpha value is -1.84. The van der Waals surface area contributed by atoms with Crippen LogP contribution in [0.4, 0.5) is 11.6 Å². The molecule has 0 unspecified atom stereocenters. The van der Waals surface area contributed by atoms with Gasteiger partial charge in [0.15, 0.2) is 5.16 Å². The fourth-order valence-electron chi connectivity index (χ4n) is 1.56. The molecule has 110 valence electrons. The van der Waals surface area contributed by atoms with Gasteiger partial charge in [0.1, 0.15) is 11.6 Å². The number of hydrogen-bond acceptors (Lipinski definition) is 7. The zero-order valence-electron chi connectivity index (χ0n) is 10.8.